The van der Waals surface area contributed by atoms with Crippen LogP contribution < -0.4 is 10.1 Å². The van der Waals surface area contributed by atoms with E-state index in [2.05, 4.69) is 10.3 Å². The van der Waals surface area contributed by atoms with Gasteiger partial charge in [-0.25, -0.2) is 4.98 Å². The summed E-state index contributed by atoms with van der Waals surface area (Å²) in [6, 6.07) is 3.40. The Morgan fingerprint density at radius 1 is 1.60 bits per heavy atom. The van der Waals surface area contributed by atoms with Gasteiger partial charge in [-0.1, -0.05) is 0 Å². The molecule has 2 N–H and O–H groups in total. The van der Waals surface area contributed by atoms with Crippen LogP contribution in [0.2, 0.25) is 0 Å². The van der Waals surface area contributed by atoms with E-state index in [0.29, 0.717) is 11.4 Å². The van der Waals surface area contributed by atoms with Crippen molar-refractivity contribution in [3.8, 4) is 5.88 Å². The molecule has 0 aliphatic carbocycles. The van der Waals surface area contributed by atoms with Crippen LogP contribution in [0.15, 0.2) is 18.3 Å². The molecule has 2 heterocycles. The second-order valence-corrected chi connectivity index (χ2v) is 6.63. The van der Waals surface area contributed by atoms with E-state index >= 15 is 0 Å². The third kappa shape index (κ3) is 4.11. The number of aromatic nitrogens is 1. The summed E-state index contributed by atoms with van der Waals surface area (Å²) in [6.07, 6.45) is 2.76. The van der Waals surface area contributed by atoms with Crippen molar-refractivity contribution < 1.29 is 14.6 Å². The van der Waals surface area contributed by atoms with Crippen LogP contribution in [0, 0.1) is 0 Å². The van der Waals surface area contributed by atoms with Gasteiger partial charge in [-0.3, -0.25) is 4.79 Å². The predicted molar refractivity (Wildman–Crippen MR) is 79.2 cm³/mol. The van der Waals surface area contributed by atoms with Crippen LogP contribution in [0.25, 0.3) is 0 Å². The molecule has 1 saturated heterocycles. The molecule has 0 radical (unpaired) electrons. The zero-order valence-corrected chi connectivity index (χ0v) is 12.6. The molecule has 2 rings (SSSR count). The molecule has 1 aromatic rings. The summed E-state index contributed by atoms with van der Waals surface area (Å²) in [4.78, 5) is 16.1. The number of nitrogens with one attached hydrogen (secondary N) is 1. The Labute approximate surface area is 123 Å². The van der Waals surface area contributed by atoms with Gasteiger partial charge in [0.1, 0.15) is 6.10 Å². The first-order chi connectivity index (χ1) is 9.50. The van der Waals surface area contributed by atoms with Crippen molar-refractivity contribution in [2.75, 3.05) is 18.1 Å². The Bertz CT molecular complexity index is 456. The molecule has 1 aromatic heterocycles. The van der Waals surface area contributed by atoms with Gasteiger partial charge in [-0.05, 0) is 32.1 Å². The lowest BCUT2D eigenvalue weighted by atomic mass is 10.1. The van der Waals surface area contributed by atoms with Gasteiger partial charge in [-0.15, -0.1) is 0 Å². The van der Waals surface area contributed by atoms with E-state index in [0.717, 1.165) is 17.9 Å². The van der Waals surface area contributed by atoms with Crippen LogP contribution in [-0.4, -0.2) is 45.8 Å². The maximum Gasteiger partial charge on any atom is 0.253 e. The number of pyridine rings is 1. The lowest BCUT2D eigenvalue weighted by molar-refractivity contribution is 0.0869. The molecule has 5 nitrogen and oxygen atoms in total. The normalized spacial score (nSPS) is 18.9. The highest BCUT2D eigenvalue weighted by Crippen LogP contribution is 2.22. The molecule has 0 bridgehead atoms. The number of aliphatic hydroxyl groups is 1. The van der Waals surface area contributed by atoms with Gasteiger partial charge in [-0.2, -0.15) is 11.8 Å². The number of rotatable bonds is 5. The fourth-order valence-electron chi connectivity index (χ4n) is 1.78. The molecule has 0 spiro atoms. The number of hydrogen-bond acceptors (Lipinski definition) is 5. The average molecular weight is 296 g/mol. The van der Waals surface area contributed by atoms with Crippen LogP contribution in [0.3, 0.4) is 0 Å². The molecule has 1 atom stereocenters. The van der Waals surface area contributed by atoms with Gasteiger partial charge in [0.15, 0.2) is 0 Å². The molecule has 6 heteroatoms. The predicted octanol–water partition coefficient (Wildman–Crippen LogP) is 1.47. The molecule has 1 fully saturated rings. The number of nitrogens with zero attached hydrogens (tertiary/aromatic N) is 1. The van der Waals surface area contributed by atoms with Crippen molar-refractivity contribution >= 4 is 17.7 Å². The topological polar surface area (TPSA) is 71.5 Å². The van der Waals surface area contributed by atoms with Crippen LogP contribution in [0.4, 0.5) is 0 Å². The maximum absolute atomic E-state index is 12.0. The van der Waals surface area contributed by atoms with E-state index < -0.39 is 5.54 Å². The Balaban J connectivity index is 1.95. The van der Waals surface area contributed by atoms with E-state index in [9.17, 15) is 4.79 Å². The largest absolute Gasteiger partial charge is 0.473 e. The van der Waals surface area contributed by atoms with Crippen molar-refractivity contribution in [3.63, 3.8) is 0 Å². The molecule has 1 aliphatic rings. The van der Waals surface area contributed by atoms with Crippen molar-refractivity contribution in [2.45, 2.75) is 31.9 Å². The fraction of sp³-hybridized carbons (Fsp3) is 0.571. The first-order valence-electron chi connectivity index (χ1n) is 6.64. The lowest BCUT2D eigenvalue weighted by Crippen LogP contribution is -2.46. The highest BCUT2D eigenvalue weighted by molar-refractivity contribution is 7.99. The maximum atomic E-state index is 12.0. The van der Waals surface area contributed by atoms with Crippen LogP contribution in [0.1, 0.15) is 30.6 Å². The summed E-state index contributed by atoms with van der Waals surface area (Å²) in [6.45, 7) is 3.40. The Morgan fingerprint density at radius 2 is 2.40 bits per heavy atom. The number of carbonyl (C=O) groups excluding carboxylic acids is 1. The van der Waals surface area contributed by atoms with Crippen molar-refractivity contribution in [1.82, 2.24) is 10.3 Å². The molecule has 0 unspecified atom stereocenters. The smallest absolute Gasteiger partial charge is 0.253 e. The second-order valence-electron chi connectivity index (χ2n) is 5.48. The SMILES string of the molecule is CC(C)(CO)NC(=O)c1ccc(O[C@@H]2CCSC2)nc1. The van der Waals surface area contributed by atoms with Gasteiger partial charge >= 0.3 is 0 Å². The third-order valence-corrected chi connectivity index (χ3v) is 4.15. The molecular formula is C14H20N2O3S. The van der Waals surface area contributed by atoms with Gasteiger partial charge in [0.25, 0.3) is 5.91 Å². The number of thioether (sulfide) groups is 1. The van der Waals surface area contributed by atoms with Crippen LogP contribution in [-0.2, 0) is 0 Å². The number of aliphatic hydroxyl groups excluding tert-OH is 1. The number of amides is 1. The van der Waals surface area contributed by atoms with Gasteiger partial charge in [0.05, 0.1) is 17.7 Å². The van der Waals surface area contributed by atoms with Gasteiger partial charge < -0.3 is 15.2 Å². The average Bonchev–Trinajstić information content (AvgIpc) is 2.92. The first kappa shape index (κ1) is 15.1. The van der Waals surface area contributed by atoms with Crippen LogP contribution >= 0.6 is 11.8 Å². The van der Waals surface area contributed by atoms with E-state index in [1.807, 2.05) is 11.8 Å². The fourth-order valence-corrected chi connectivity index (χ4v) is 2.87. The number of carbonyl (C=O) groups is 1. The highest BCUT2D eigenvalue weighted by Gasteiger charge is 2.21. The summed E-state index contributed by atoms with van der Waals surface area (Å²) in [5.74, 6) is 2.42. The van der Waals surface area contributed by atoms with E-state index in [1.54, 1.807) is 26.0 Å². The van der Waals surface area contributed by atoms with Crippen LogP contribution in [0.5, 0.6) is 5.88 Å². The Kier molecular flexibility index (Phi) is 4.88. The summed E-state index contributed by atoms with van der Waals surface area (Å²) in [7, 11) is 0. The van der Waals surface area contributed by atoms with E-state index in [4.69, 9.17) is 9.84 Å². The Hall–Kier alpha value is -1.27. The minimum absolute atomic E-state index is 0.118. The molecule has 1 amide bonds. The molecular weight excluding hydrogens is 276 g/mol. The summed E-state index contributed by atoms with van der Waals surface area (Å²) < 4.78 is 5.73. The van der Waals surface area contributed by atoms with Crippen molar-refractivity contribution in [1.29, 1.82) is 0 Å². The zero-order chi connectivity index (χ0) is 14.6. The monoisotopic (exact) mass is 296 g/mol. The van der Waals surface area contributed by atoms with Crippen molar-refractivity contribution in [2.24, 2.45) is 0 Å². The second kappa shape index (κ2) is 6.45. The van der Waals surface area contributed by atoms with Crippen molar-refractivity contribution in [3.05, 3.63) is 23.9 Å². The first-order valence-corrected chi connectivity index (χ1v) is 7.79. The van der Waals surface area contributed by atoms with E-state index in [-0.39, 0.29) is 18.6 Å². The van der Waals surface area contributed by atoms with E-state index in [1.165, 1.54) is 6.20 Å². The summed E-state index contributed by atoms with van der Waals surface area (Å²) in [5.41, 5.74) is -0.187. The summed E-state index contributed by atoms with van der Waals surface area (Å²) >= 11 is 1.88. The lowest BCUT2D eigenvalue weighted by Gasteiger charge is -2.23. The molecule has 110 valence electrons. The minimum atomic E-state index is -0.646. The minimum Gasteiger partial charge on any atom is -0.473 e. The molecule has 0 saturated carbocycles. The van der Waals surface area contributed by atoms with Gasteiger partial charge in [0, 0.05) is 18.0 Å². The third-order valence-electron chi connectivity index (χ3n) is 3.02. The zero-order valence-electron chi connectivity index (χ0n) is 11.8. The molecule has 20 heavy (non-hydrogen) atoms. The molecule has 0 aromatic carbocycles. The van der Waals surface area contributed by atoms with Gasteiger partial charge in [0.2, 0.25) is 5.88 Å². The molecule has 1 aliphatic heterocycles. The number of hydrogen-bond donors (Lipinski definition) is 2. The summed E-state index contributed by atoms with van der Waals surface area (Å²) in [5, 5.41) is 11.9. The number of ether oxygens (including phenoxy) is 1. The quantitative estimate of drug-likeness (QED) is 0.861. The standard InChI is InChI=1S/C14H20N2O3S/c1-14(2,9-17)16-13(18)10-3-4-12(15-7-10)19-11-5-6-20-8-11/h3-4,7,11,17H,5-6,8-9H2,1-2H3,(H,16,18)/t11-/m1/s1. The highest BCUT2D eigenvalue weighted by atomic mass is 32.2. The Morgan fingerprint density at radius 3 is 2.95 bits per heavy atom.